The lowest BCUT2D eigenvalue weighted by Gasteiger charge is -2.12. The van der Waals surface area contributed by atoms with Crippen molar-refractivity contribution in [1.29, 1.82) is 0 Å². The number of thiazole rings is 1. The lowest BCUT2D eigenvalue weighted by molar-refractivity contribution is -0.154. The smallest absolute Gasteiger partial charge is 0.347 e. The Morgan fingerprint density at radius 1 is 1.48 bits per heavy atom. The first-order valence-electron chi connectivity index (χ1n) is 6.07. The number of nitrogens with zero attached hydrogens (tertiary/aromatic N) is 2. The fourth-order valence-corrected chi connectivity index (χ4v) is 2.50. The molecule has 0 aliphatic rings. The molecule has 0 spiro atoms. The molecule has 0 aliphatic carbocycles. The van der Waals surface area contributed by atoms with Crippen molar-refractivity contribution in [1.82, 2.24) is 15.3 Å². The van der Waals surface area contributed by atoms with Crippen molar-refractivity contribution in [3.8, 4) is 11.3 Å². The zero-order valence-electron chi connectivity index (χ0n) is 11.0. The Kier molecular flexibility index (Phi) is 4.56. The number of alkyl halides is 3. The van der Waals surface area contributed by atoms with Gasteiger partial charge in [0.15, 0.2) is 0 Å². The summed E-state index contributed by atoms with van der Waals surface area (Å²) in [6.45, 7) is 1.60. The minimum atomic E-state index is -4.51. The number of pyridine rings is 1. The van der Waals surface area contributed by atoms with E-state index in [1.165, 1.54) is 11.3 Å². The van der Waals surface area contributed by atoms with E-state index in [9.17, 15) is 18.0 Å². The average Bonchev–Trinajstić information content (AvgIpc) is 2.87. The molecule has 0 aliphatic heterocycles. The van der Waals surface area contributed by atoms with Crippen LogP contribution < -0.4 is 5.32 Å². The first kappa shape index (κ1) is 15.4. The third kappa shape index (κ3) is 4.52. The Hall–Kier alpha value is -1.96. The molecule has 1 atom stereocenters. The fourth-order valence-electron chi connectivity index (χ4n) is 1.67. The van der Waals surface area contributed by atoms with Crippen molar-refractivity contribution in [3.05, 3.63) is 34.9 Å². The van der Waals surface area contributed by atoms with Crippen molar-refractivity contribution in [2.45, 2.75) is 25.6 Å². The number of rotatable bonds is 4. The topological polar surface area (TPSA) is 54.9 Å². The molecule has 2 aromatic heterocycles. The molecule has 0 aromatic carbocycles. The zero-order chi connectivity index (χ0) is 15.5. The summed E-state index contributed by atoms with van der Waals surface area (Å²) in [5, 5.41) is 4.61. The Morgan fingerprint density at radius 2 is 2.24 bits per heavy atom. The SMILES string of the molecule is C[C@H](NC(=O)CC(F)(F)F)c1nc(-c2cccnc2)cs1. The summed E-state index contributed by atoms with van der Waals surface area (Å²) in [5.41, 5.74) is 1.49. The number of carbonyl (C=O) groups is 1. The van der Waals surface area contributed by atoms with Gasteiger partial charge in [0, 0.05) is 23.3 Å². The fraction of sp³-hybridized carbons (Fsp3) is 0.308. The van der Waals surface area contributed by atoms with Gasteiger partial charge in [0.1, 0.15) is 11.4 Å². The highest BCUT2D eigenvalue weighted by Crippen LogP contribution is 2.25. The number of hydrogen-bond acceptors (Lipinski definition) is 4. The Balaban J connectivity index is 2.03. The zero-order valence-corrected chi connectivity index (χ0v) is 11.8. The minimum absolute atomic E-state index is 0.546. The predicted molar refractivity (Wildman–Crippen MR) is 72.6 cm³/mol. The van der Waals surface area contributed by atoms with E-state index >= 15 is 0 Å². The maximum atomic E-state index is 12.1. The highest BCUT2D eigenvalue weighted by Gasteiger charge is 2.31. The van der Waals surface area contributed by atoms with Crippen LogP contribution >= 0.6 is 11.3 Å². The molecule has 2 rings (SSSR count). The highest BCUT2D eigenvalue weighted by atomic mass is 32.1. The standard InChI is InChI=1S/C13H12F3N3OS/c1-8(18-11(20)5-13(14,15)16)12-19-10(7-21-12)9-3-2-4-17-6-9/h2-4,6-8H,5H2,1H3,(H,18,20)/t8-/m0/s1. The van der Waals surface area contributed by atoms with E-state index in [1.807, 2.05) is 6.07 Å². The molecule has 0 radical (unpaired) electrons. The third-order valence-electron chi connectivity index (χ3n) is 2.59. The van der Waals surface area contributed by atoms with Gasteiger partial charge in [-0.1, -0.05) is 0 Å². The van der Waals surface area contributed by atoms with Crippen LogP contribution in [0.4, 0.5) is 13.2 Å². The number of hydrogen-bond donors (Lipinski definition) is 1. The van der Waals surface area contributed by atoms with Gasteiger partial charge in [-0.3, -0.25) is 9.78 Å². The quantitative estimate of drug-likeness (QED) is 0.941. The Bertz CT molecular complexity index is 613. The second-order valence-corrected chi connectivity index (χ2v) is 5.28. The molecule has 0 saturated carbocycles. The molecule has 2 heterocycles. The Morgan fingerprint density at radius 3 is 2.86 bits per heavy atom. The van der Waals surface area contributed by atoms with Gasteiger partial charge >= 0.3 is 6.18 Å². The number of nitrogens with one attached hydrogen (secondary N) is 1. The molecule has 4 nitrogen and oxygen atoms in total. The van der Waals surface area contributed by atoms with E-state index in [4.69, 9.17) is 0 Å². The molecule has 8 heteroatoms. The highest BCUT2D eigenvalue weighted by molar-refractivity contribution is 7.10. The summed E-state index contributed by atoms with van der Waals surface area (Å²) in [5.74, 6) is -1.06. The van der Waals surface area contributed by atoms with Crippen LogP contribution in [-0.2, 0) is 4.79 Å². The van der Waals surface area contributed by atoms with Crippen LogP contribution in [0.3, 0.4) is 0 Å². The van der Waals surface area contributed by atoms with Crippen molar-refractivity contribution in [3.63, 3.8) is 0 Å². The average molecular weight is 315 g/mol. The first-order valence-corrected chi connectivity index (χ1v) is 6.95. The first-order chi connectivity index (χ1) is 9.85. The van der Waals surface area contributed by atoms with Crippen molar-refractivity contribution >= 4 is 17.2 Å². The summed E-state index contributed by atoms with van der Waals surface area (Å²) in [4.78, 5) is 19.5. The molecule has 0 saturated heterocycles. The molecule has 2 aromatic rings. The Labute approximate surface area is 123 Å². The van der Waals surface area contributed by atoms with Gasteiger partial charge in [0.05, 0.1) is 11.7 Å². The molecule has 1 amide bonds. The van der Waals surface area contributed by atoms with Crippen molar-refractivity contribution in [2.75, 3.05) is 0 Å². The van der Waals surface area contributed by atoms with Crippen LogP contribution in [0, 0.1) is 0 Å². The second kappa shape index (κ2) is 6.21. The summed E-state index contributed by atoms with van der Waals surface area (Å²) in [7, 11) is 0. The number of halogens is 3. The van der Waals surface area contributed by atoms with E-state index in [1.54, 1.807) is 30.8 Å². The molecular weight excluding hydrogens is 303 g/mol. The van der Waals surface area contributed by atoms with Gasteiger partial charge in [0.25, 0.3) is 0 Å². The van der Waals surface area contributed by atoms with Crippen LogP contribution in [0.1, 0.15) is 24.4 Å². The van der Waals surface area contributed by atoms with Crippen LogP contribution in [0.25, 0.3) is 11.3 Å². The normalized spacial score (nSPS) is 13.0. The summed E-state index contributed by atoms with van der Waals surface area (Å²) < 4.78 is 36.3. The van der Waals surface area contributed by atoms with E-state index in [0.717, 1.165) is 5.56 Å². The van der Waals surface area contributed by atoms with Gasteiger partial charge < -0.3 is 5.32 Å². The van der Waals surface area contributed by atoms with Gasteiger partial charge in [-0.25, -0.2) is 4.98 Å². The molecule has 112 valence electrons. The van der Waals surface area contributed by atoms with Crippen LogP contribution in [0.5, 0.6) is 0 Å². The number of amides is 1. The number of aromatic nitrogens is 2. The van der Waals surface area contributed by atoms with E-state index in [0.29, 0.717) is 10.7 Å². The predicted octanol–water partition coefficient (Wildman–Crippen LogP) is 3.33. The van der Waals surface area contributed by atoms with Crippen LogP contribution in [-0.4, -0.2) is 22.1 Å². The third-order valence-corrected chi connectivity index (χ3v) is 3.62. The molecule has 0 bridgehead atoms. The van der Waals surface area contributed by atoms with Crippen LogP contribution in [0.15, 0.2) is 29.9 Å². The monoisotopic (exact) mass is 315 g/mol. The summed E-state index contributed by atoms with van der Waals surface area (Å²) in [6, 6.07) is 3.03. The van der Waals surface area contributed by atoms with E-state index in [-0.39, 0.29) is 0 Å². The lowest BCUT2D eigenvalue weighted by atomic mass is 10.2. The maximum Gasteiger partial charge on any atom is 0.397 e. The largest absolute Gasteiger partial charge is 0.397 e. The molecular formula is C13H12F3N3OS. The van der Waals surface area contributed by atoms with Crippen molar-refractivity contribution < 1.29 is 18.0 Å². The molecule has 0 unspecified atom stereocenters. The van der Waals surface area contributed by atoms with E-state index in [2.05, 4.69) is 15.3 Å². The van der Waals surface area contributed by atoms with Crippen LogP contribution in [0.2, 0.25) is 0 Å². The summed E-state index contributed by atoms with van der Waals surface area (Å²) in [6.07, 6.45) is -2.71. The number of carbonyl (C=O) groups excluding carboxylic acids is 1. The minimum Gasteiger partial charge on any atom is -0.347 e. The van der Waals surface area contributed by atoms with Gasteiger partial charge in [-0.2, -0.15) is 13.2 Å². The van der Waals surface area contributed by atoms with Crippen molar-refractivity contribution in [2.24, 2.45) is 0 Å². The van der Waals surface area contributed by atoms with Gasteiger partial charge in [0.2, 0.25) is 5.91 Å². The maximum absolute atomic E-state index is 12.1. The molecule has 21 heavy (non-hydrogen) atoms. The van der Waals surface area contributed by atoms with Gasteiger partial charge in [-0.05, 0) is 19.1 Å². The van der Waals surface area contributed by atoms with Gasteiger partial charge in [-0.15, -0.1) is 11.3 Å². The molecule has 1 N–H and O–H groups in total. The van der Waals surface area contributed by atoms with E-state index < -0.39 is 24.5 Å². The summed E-state index contributed by atoms with van der Waals surface area (Å²) >= 11 is 1.28. The second-order valence-electron chi connectivity index (χ2n) is 4.39. The molecule has 0 fully saturated rings. The lowest BCUT2D eigenvalue weighted by Crippen LogP contribution is -2.30.